The summed E-state index contributed by atoms with van der Waals surface area (Å²) in [4.78, 5) is 40.0. The van der Waals surface area contributed by atoms with E-state index in [1.54, 1.807) is 30.2 Å². The number of anilines is 1. The lowest BCUT2D eigenvalue weighted by Crippen LogP contribution is -2.29. The average Bonchev–Trinajstić information content (AvgIpc) is 3.31. The molecule has 1 aliphatic rings. The van der Waals surface area contributed by atoms with E-state index in [0.717, 1.165) is 41.8 Å². The Balaban J connectivity index is 1.34. The standard InChI is InChI=1S/C27H31N5O2/c1-30(2)15-6-9-26(33)31(3)23-12-10-21(11-13-23)27(34)32-16-14-20(19-32)17-25-28-18-22-7-4-5-8-24(22)29-25/h4-13,18,20H,14-17,19H2,1-3H3/b9-6+/t20-/m0/s1. The summed E-state index contributed by atoms with van der Waals surface area (Å²) in [5.74, 6) is 1.10. The van der Waals surface area contributed by atoms with Gasteiger partial charge in [0.15, 0.2) is 0 Å². The molecule has 1 fully saturated rings. The molecule has 0 spiro atoms. The molecule has 1 atom stereocenters. The van der Waals surface area contributed by atoms with Crippen LogP contribution < -0.4 is 4.90 Å². The minimum atomic E-state index is -0.0979. The number of carbonyl (C=O) groups is 2. The Morgan fingerprint density at radius 3 is 2.62 bits per heavy atom. The number of fused-ring (bicyclic) bond motifs is 1. The van der Waals surface area contributed by atoms with Crippen molar-refractivity contribution in [2.45, 2.75) is 12.8 Å². The van der Waals surface area contributed by atoms with E-state index in [4.69, 9.17) is 0 Å². The van der Waals surface area contributed by atoms with Crippen molar-refractivity contribution in [2.24, 2.45) is 5.92 Å². The lowest BCUT2D eigenvalue weighted by atomic mass is 10.0. The van der Waals surface area contributed by atoms with Crippen LogP contribution >= 0.6 is 0 Å². The monoisotopic (exact) mass is 457 g/mol. The van der Waals surface area contributed by atoms with Crippen LogP contribution in [0.5, 0.6) is 0 Å². The molecule has 2 amide bonds. The summed E-state index contributed by atoms with van der Waals surface area (Å²) in [5, 5.41) is 1.04. The molecule has 3 aromatic rings. The maximum Gasteiger partial charge on any atom is 0.253 e. The lowest BCUT2D eigenvalue weighted by Gasteiger charge is -2.18. The molecule has 0 saturated carbocycles. The van der Waals surface area contributed by atoms with Crippen molar-refractivity contribution in [3.05, 3.63) is 78.3 Å². The smallest absolute Gasteiger partial charge is 0.253 e. The molecule has 0 bridgehead atoms. The van der Waals surface area contributed by atoms with E-state index in [9.17, 15) is 9.59 Å². The highest BCUT2D eigenvalue weighted by Gasteiger charge is 2.27. The number of benzene rings is 2. The van der Waals surface area contributed by atoms with Crippen molar-refractivity contribution in [1.29, 1.82) is 0 Å². The van der Waals surface area contributed by atoms with Crippen LogP contribution in [0, 0.1) is 5.92 Å². The van der Waals surface area contributed by atoms with Crippen molar-refractivity contribution >= 4 is 28.4 Å². The van der Waals surface area contributed by atoms with Gasteiger partial charge in [0.2, 0.25) is 5.91 Å². The van der Waals surface area contributed by atoms with Crippen LogP contribution in [-0.2, 0) is 11.2 Å². The number of hydrogen-bond donors (Lipinski definition) is 0. The minimum Gasteiger partial charge on any atom is -0.338 e. The highest BCUT2D eigenvalue weighted by Crippen LogP contribution is 2.23. The number of hydrogen-bond acceptors (Lipinski definition) is 5. The fraction of sp³-hybridized carbons (Fsp3) is 0.333. The zero-order valence-corrected chi connectivity index (χ0v) is 20.0. The molecule has 4 rings (SSSR count). The SMILES string of the molecule is CN(C)C/C=C/C(=O)N(C)c1ccc(C(=O)N2CC[C@@H](Cc3ncc4ccccc4n3)C2)cc1. The van der Waals surface area contributed by atoms with Crippen LogP contribution in [-0.4, -0.2) is 72.4 Å². The third-order valence-electron chi connectivity index (χ3n) is 6.15. The molecular formula is C27H31N5O2. The summed E-state index contributed by atoms with van der Waals surface area (Å²) in [5.41, 5.74) is 2.34. The van der Waals surface area contributed by atoms with Crippen molar-refractivity contribution in [3.63, 3.8) is 0 Å². The first-order chi connectivity index (χ1) is 16.4. The zero-order valence-electron chi connectivity index (χ0n) is 20.0. The molecule has 0 radical (unpaired) electrons. The first-order valence-corrected chi connectivity index (χ1v) is 11.6. The van der Waals surface area contributed by atoms with E-state index in [0.29, 0.717) is 24.6 Å². The third kappa shape index (κ3) is 5.66. The molecule has 2 aromatic carbocycles. The van der Waals surface area contributed by atoms with Gasteiger partial charge in [-0.3, -0.25) is 9.59 Å². The van der Waals surface area contributed by atoms with E-state index in [2.05, 4.69) is 9.97 Å². The van der Waals surface area contributed by atoms with Gasteiger partial charge in [0, 0.05) is 62.0 Å². The van der Waals surface area contributed by atoms with Crippen molar-refractivity contribution < 1.29 is 9.59 Å². The summed E-state index contributed by atoms with van der Waals surface area (Å²) in [6, 6.07) is 15.2. The second-order valence-electron chi connectivity index (χ2n) is 9.06. The number of likely N-dealkylation sites (N-methyl/N-ethyl adjacent to an activating group) is 2. The molecule has 0 aliphatic carbocycles. The third-order valence-corrected chi connectivity index (χ3v) is 6.15. The number of nitrogens with zero attached hydrogens (tertiary/aromatic N) is 5. The molecule has 1 saturated heterocycles. The highest BCUT2D eigenvalue weighted by molar-refractivity contribution is 6.01. The van der Waals surface area contributed by atoms with Crippen LogP contribution in [0.3, 0.4) is 0 Å². The van der Waals surface area contributed by atoms with Gasteiger partial charge in [0.05, 0.1) is 5.52 Å². The molecule has 2 heterocycles. The molecular weight excluding hydrogens is 426 g/mol. The maximum atomic E-state index is 13.0. The number of amides is 2. The van der Waals surface area contributed by atoms with Gasteiger partial charge in [0.1, 0.15) is 5.82 Å². The minimum absolute atomic E-state index is 0.0216. The fourth-order valence-electron chi connectivity index (χ4n) is 4.16. The molecule has 34 heavy (non-hydrogen) atoms. The van der Waals surface area contributed by atoms with Gasteiger partial charge in [-0.15, -0.1) is 0 Å². The second-order valence-corrected chi connectivity index (χ2v) is 9.06. The quantitative estimate of drug-likeness (QED) is 0.509. The van der Waals surface area contributed by atoms with Gasteiger partial charge >= 0.3 is 0 Å². The Morgan fingerprint density at radius 1 is 1.09 bits per heavy atom. The largest absolute Gasteiger partial charge is 0.338 e. The highest BCUT2D eigenvalue weighted by atomic mass is 16.2. The van der Waals surface area contributed by atoms with Crippen molar-refractivity contribution in [1.82, 2.24) is 19.8 Å². The van der Waals surface area contributed by atoms with Crippen LogP contribution in [0.15, 0.2) is 66.9 Å². The molecule has 1 aromatic heterocycles. The average molecular weight is 458 g/mol. The van der Waals surface area contributed by atoms with E-state index < -0.39 is 0 Å². The summed E-state index contributed by atoms with van der Waals surface area (Å²) >= 11 is 0. The first kappa shape index (κ1) is 23.6. The molecule has 7 nitrogen and oxygen atoms in total. The van der Waals surface area contributed by atoms with E-state index in [1.807, 2.05) is 72.6 Å². The van der Waals surface area contributed by atoms with Crippen LogP contribution in [0.4, 0.5) is 5.69 Å². The van der Waals surface area contributed by atoms with Gasteiger partial charge in [-0.25, -0.2) is 9.97 Å². The second kappa shape index (κ2) is 10.6. The summed E-state index contributed by atoms with van der Waals surface area (Å²) in [6.45, 7) is 2.14. The van der Waals surface area contributed by atoms with Gasteiger partial charge in [-0.1, -0.05) is 24.3 Å². The van der Waals surface area contributed by atoms with Gasteiger partial charge < -0.3 is 14.7 Å². The van der Waals surface area contributed by atoms with Crippen LogP contribution in [0.25, 0.3) is 10.9 Å². The summed E-state index contributed by atoms with van der Waals surface area (Å²) < 4.78 is 0. The van der Waals surface area contributed by atoms with Crippen LogP contribution in [0.1, 0.15) is 22.6 Å². The molecule has 7 heteroatoms. The van der Waals surface area contributed by atoms with E-state index in [-0.39, 0.29) is 11.8 Å². The van der Waals surface area contributed by atoms with Crippen LogP contribution in [0.2, 0.25) is 0 Å². The van der Waals surface area contributed by atoms with Gasteiger partial charge in [-0.05, 0) is 56.8 Å². The Hall–Kier alpha value is -3.58. The molecule has 176 valence electrons. The normalized spacial score (nSPS) is 16.0. The molecule has 0 unspecified atom stereocenters. The lowest BCUT2D eigenvalue weighted by molar-refractivity contribution is -0.113. The number of aromatic nitrogens is 2. The summed E-state index contributed by atoms with van der Waals surface area (Å²) in [6.07, 6.45) is 6.99. The predicted molar refractivity (Wildman–Crippen MR) is 135 cm³/mol. The predicted octanol–water partition coefficient (Wildman–Crippen LogP) is 3.42. The van der Waals surface area contributed by atoms with E-state index in [1.165, 1.54) is 0 Å². The fourth-order valence-corrected chi connectivity index (χ4v) is 4.16. The molecule has 1 aliphatic heterocycles. The number of carbonyl (C=O) groups excluding carboxylic acids is 2. The Kier molecular flexibility index (Phi) is 7.33. The summed E-state index contributed by atoms with van der Waals surface area (Å²) in [7, 11) is 5.64. The molecule has 0 N–H and O–H groups in total. The Morgan fingerprint density at radius 2 is 1.85 bits per heavy atom. The van der Waals surface area contributed by atoms with Gasteiger partial charge in [0.25, 0.3) is 5.91 Å². The number of rotatable bonds is 7. The Bertz CT molecular complexity index is 1190. The Labute approximate surface area is 200 Å². The number of likely N-dealkylation sites (tertiary alicyclic amines) is 1. The zero-order chi connectivity index (χ0) is 24.1. The van der Waals surface area contributed by atoms with Crippen molar-refractivity contribution in [3.8, 4) is 0 Å². The van der Waals surface area contributed by atoms with Gasteiger partial charge in [-0.2, -0.15) is 0 Å². The van der Waals surface area contributed by atoms with E-state index >= 15 is 0 Å². The number of para-hydroxylation sites is 1. The maximum absolute atomic E-state index is 13.0. The van der Waals surface area contributed by atoms with Crippen molar-refractivity contribution in [2.75, 3.05) is 45.7 Å². The first-order valence-electron chi connectivity index (χ1n) is 11.6. The topological polar surface area (TPSA) is 69.6 Å².